The molecular weight excluding hydrogens is 240 g/mol. The summed E-state index contributed by atoms with van der Waals surface area (Å²) in [7, 11) is 0. The summed E-state index contributed by atoms with van der Waals surface area (Å²) in [6.45, 7) is 7.68. The lowest BCUT2D eigenvalue weighted by atomic mass is 10.1. The lowest BCUT2D eigenvalue weighted by Crippen LogP contribution is -2.42. The Labute approximate surface area is 106 Å². The standard InChI is InChI=1S/C12H20O6/c1-11(2)14-5-6(16-11)8-7(13)9-10(15-8)18-12(3,4)17-9/h6-10,13H,5H2,1-4H3/t6-,7-,8-,9+,10-/m0/s1. The molecule has 0 unspecified atom stereocenters. The second-order valence-corrected chi connectivity index (χ2v) is 5.93. The lowest BCUT2D eigenvalue weighted by Gasteiger charge is -2.26. The molecule has 0 radical (unpaired) electrons. The van der Waals surface area contributed by atoms with E-state index in [0.717, 1.165) is 0 Å². The first kappa shape index (κ1) is 12.8. The molecule has 0 aliphatic carbocycles. The number of ether oxygens (including phenoxy) is 5. The van der Waals surface area contributed by atoms with Crippen molar-refractivity contribution in [1.29, 1.82) is 0 Å². The molecule has 104 valence electrons. The van der Waals surface area contributed by atoms with E-state index in [1.165, 1.54) is 0 Å². The Morgan fingerprint density at radius 3 is 2.22 bits per heavy atom. The molecule has 0 aromatic heterocycles. The number of aliphatic hydroxyl groups is 1. The fourth-order valence-corrected chi connectivity index (χ4v) is 2.70. The van der Waals surface area contributed by atoms with E-state index < -0.39 is 36.2 Å². The van der Waals surface area contributed by atoms with Crippen LogP contribution in [0.2, 0.25) is 0 Å². The highest BCUT2D eigenvalue weighted by Gasteiger charge is 2.57. The zero-order valence-corrected chi connectivity index (χ0v) is 11.1. The summed E-state index contributed by atoms with van der Waals surface area (Å²) in [6.07, 6.45) is -2.53. The fraction of sp³-hybridized carbons (Fsp3) is 1.00. The SMILES string of the molecule is CC1(C)O[C@@H]2O[C@@H]([C@@H]3COC(C)(C)O3)[C@H](O)[C@H]2O1. The Balaban J connectivity index is 1.68. The van der Waals surface area contributed by atoms with Gasteiger partial charge in [0.05, 0.1) is 6.61 Å². The highest BCUT2D eigenvalue weighted by Crippen LogP contribution is 2.40. The smallest absolute Gasteiger partial charge is 0.190 e. The van der Waals surface area contributed by atoms with Crippen molar-refractivity contribution in [2.45, 2.75) is 70.0 Å². The number of rotatable bonds is 1. The molecule has 3 aliphatic rings. The van der Waals surface area contributed by atoms with Gasteiger partial charge in [-0.2, -0.15) is 0 Å². The predicted molar refractivity (Wildman–Crippen MR) is 59.6 cm³/mol. The van der Waals surface area contributed by atoms with E-state index in [1.54, 1.807) is 13.8 Å². The van der Waals surface area contributed by atoms with Crippen molar-refractivity contribution in [1.82, 2.24) is 0 Å². The molecule has 3 saturated heterocycles. The van der Waals surface area contributed by atoms with Gasteiger partial charge in [-0.25, -0.2) is 0 Å². The summed E-state index contributed by atoms with van der Waals surface area (Å²) in [4.78, 5) is 0. The predicted octanol–water partition coefficient (Wildman–Crippen LogP) is 0.375. The quantitative estimate of drug-likeness (QED) is 0.735. The van der Waals surface area contributed by atoms with Crippen LogP contribution in [-0.2, 0) is 23.7 Å². The van der Waals surface area contributed by atoms with Crippen LogP contribution in [0.1, 0.15) is 27.7 Å². The van der Waals surface area contributed by atoms with Crippen molar-refractivity contribution in [3.05, 3.63) is 0 Å². The maximum absolute atomic E-state index is 10.3. The molecule has 18 heavy (non-hydrogen) atoms. The highest BCUT2D eigenvalue weighted by atomic mass is 16.8. The molecule has 3 aliphatic heterocycles. The molecule has 3 heterocycles. The van der Waals surface area contributed by atoms with Crippen molar-refractivity contribution < 1.29 is 28.8 Å². The first-order chi connectivity index (χ1) is 8.27. The third-order valence-corrected chi connectivity index (χ3v) is 3.45. The van der Waals surface area contributed by atoms with E-state index >= 15 is 0 Å². The van der Waals surface area contributed by atoms with Gasteiger partial charge in [0.1, 0.15) is 24.4 Å². The molecule has 3 fully saturated rings. The Morgan fingerprint density at radius 1 is 0.944 bits per heavy atom. The summed E-state index contributed by atoms with van der Waals surface area (Å²) in [5.41, 5.74) is 0. The first-order valence-electron chi connectivity index (χ1n) is 6.28. The maximum Gasteiger partial charge on any atom is 0.190 e. The zero-order chi connectivity index (χ0) is 13.1. The van der Waals surface area contributed by atoms with Crippen molar-refractivity contribution in [3.8, 4) is 0 Å². The van der Waals surface area contributed by atoms with Gasteiger partial charge < -0.3 is 28.8 Å². The molecule has 6 nitrogen and oxygen atoms in total. The molecule has 0 spiro atoms. The number of hydrogen-bond acceptors (Lipinski definition) is 6. The topological polar surface area (TPSA) is 66.4 Å². The Morgan fingerprint density at radius 2 is 1.67 bits per heavy atom. The van der Waals surface area contributed by atoms with Gasteiger partial charge in [-0.3, -0.25) is 0 Å². The highest BCUT2D eigenvalue weighted by molar-refractivity contribution is 4.97. The van der Waals surface area contributed by atoms with Gasteiger partial charge in [0, 0.05) is 0 Å². The Kier molecular flexibility index (Phi) is 2.75. The minimum Gasteiger partial charge on any atom is -0.387 e. The van der Waals surface area contributed by atoms with Gasteiger partial charge >= 0.3 is 0 Å². The molecule has 0 amide bonds. The second-order valence-electron chi connectivity index (χ2n) is 5.93. The van der Waals surface area contributed by atoms with Crippen LogP contribution in [0.25, 0.3) is 0 Å². The molecule has 3 rings (SSSR count). The third-order valence-electron chi connectivity index (χ3n) is 3.45. The van der Waals surface area contributed by atoms with Crippen LogP contribution in [-0.4, -0.2) is 54.0 Å². The molecule has 0 saturated carbocycles. The van der Waals surface area contributed by atoms with Crippen LogP contribution in [0.3, 0.4) is 0 Å². The third kappa shape index (κ3) is 2.07. The minimum atomic E-state index is -0.765. The maximum atomic E-state index is 10.3. The van der Waals surface area contributed by atoms with Crippen molar-refractivity contribution >= 4 is 0 Å². The molecule has 1 N–H and O–H groups in total. The number of hydrogen-bond donors (Lipinski definition) is 1. The fourth-order valence-electron chi connectivity index (χ4n) is 2.70. The average molecular weight is 260 g/mol. The van der Waals surface area contributed by atoms with Gasteiger partial charge in [-0.15, -0.1) is 0 Å². The van der Waals surface area contributed by atoms with Crippen LogP contribution in [0.4, 0.5) is 0 Å². The van der Waals surface area contributed by atoms with Crippen LogP contribution in [0.5, 0.6) is 0 Å². The van der Waals surface area contributed by atoms with E-state index in [-0.39, 0.29) is 6.10 Å². The van der Waals surface area contributed by atoms with Crippen LogP contribution < -0.4 is 0 Å². The molecule has 6 heteroatoms. The first-order valence-corrected chi connectivity index (χ1v) is 6.28. The summed E-state index contributed by atoms with van der Waals surface area (Å²) in [5.74, 6) is -1.35. The van der Waals surface area contributed by atoms with Crippen molar-refractivity contribution in [3.63, 3.8) is 0 Å². The summed E-state index contributed by atoms with van der Waals surface area (Å²) < 4.78 is 28.1. The van der Waals surface area contributed by atoms with Crippen LogP contribution in [0.15, 0.2) is 0 Å². The van der Waals surface area contributed by atoms with Gasteiger partial charge in [-0.05, 0) is 27.7 Å². The molecular formula is C12H20O6. The van der Waals surface area contributed by atoms with E-state index in [2.05, 4.69) is 0 Å². The zero-order valence-electron chi connectivity index (χ0n) is 11.1. The molecule has 0 aromatic carbocycles. The minimum absolute atomic E-state index is 0.295. The normalized spacial score (nSPS) is 49.5. The van der Waals surface area contributed by atoms with E-state index in [1.807, 2.05) is 13.8 Å². The largest absolute Gasteiger partial charge is 0.387 e. The van der Waals surface area contributed by atoms with Crippen LogP contribution in [0, 0.1) is 0 Å². The van der Waals surface area contributed by atoms with E-state index in [9.17, 15) is 5.11 Å². The van der Waals surface area contributed by atoms with E-state index in [0.29, 0.717) is 6.61 Å². The molecule has 0 aromatic rings. The second kappa shape index (κ2) is 3.88. The molecule has 0 bridgehead atoms. The monoisotopic (exact) mass is 260 g/mol. The van der Waals surface area contributed by atoms with Crippen LogP contribution >= 0.6 is 0 Å². The van der Waals surface area contributed by atoms with Gasteiger partial charge in [-0.1, -0.05) is 0 Å². The Hall–Kier alpha value is -0.240. The molecule has 5 atom stereocenters. The number of aliphatic hydroxyl groups excluding tert-OH is 1. The summed E-state index contributed by atoms with van der Waals surface area (Å²) in [5, 5.41) is 10.3. The number of fused-ring (bicyclic) bond motifs is 1. The van der Waals surface area contributed by atoms with Gasteiger partial charge in [0.25, 0.3) is 0 Å². The summed E-state index contributed by atoms with van der Waals surface area (Å²) >= 11 is 0. The van der Waals surface area contributed by atoms with Crippen molar-refractivity contribution in [2.75, 3.05) is 6.61 Å². The lowest BCUT2D eigenvalue weighted by molar-refractivity contribution is -0.232. The average Bonchev–Trinajstić information content (AvgIpc) is 2.81. The summed E-state index contributed by atoms with van der Waals surface area (Å²) in [6, 6.07) is 0. The Bertz CT molecular complexity index is 341. The van der Waals surface area contributed by atoms with Gasteiger partial charge in [0.15, 0.2) is 17.9 Å². The van der Waals surface area contributed by atoms with Gasteiger partial charge in [0.2, 0.25) is 0 Å². The van der Waals surface area contributed by atoms with E-state index in [4.69, 9.17) is 23.7 Å². The van der Waals surface area contributed by atoms with Crippen molar-refractivity contribution in [2.24, 2.45) is 0 Å².